The van der Waals surface area contributed by atoms with Crippen molar-refractivity contribution in [2.45, 2.75) is 34.1 Å². The molecule has 0 saturated carbocycles. The second kappa shape index (κ2) is 9.25. The second-order valence-electron chi connectivity index (χ2n) is 5.96. The minimum Gasteiger partial charge on any atom is -0.457 e. The third kappa shape index (κ3) is 5.48. The lowest BCUT2D eigenvalue weighted by Gasteiger charge is -2.16. The van der Waals surface area contributed by atoms with Crippen LogP contribution < -0.4 is 4.74 Å². The van der Waals surface area contributed by atoms with Gasteiger partial charge in [-0.05, 0) is 78.5 Å². The van der Waals surface area contributed by atoms with E-state index in [1.165, 1.54) is 0 Å². The maximum atomic E-state index is 6.14. The van der Waals surface area contributed by atoms with Crippen LogP contribution >= 0.6 is 27.5 Å². The molecule has 0 amide bonds. The molecule has 0 aliphatic rings. The van der Waals surface area contributed by atoms with Crippen molar-refractivity contribution in [3.05, 3.63) is 51.0 Å². The average Bonchev–Trinajstić information content (AvgIpc) is 2.58. The summed E-state index contributed by atoms with van der Waals surface area (Å²) in [5, 5.41) is 0.628. The monoisotopic (exact) mass is 422 g/mol. The molecule has 134 valence electrons. The third-order valence-corrected chi connectivity index (χ3v) is 5.12. The van der Waals surface area contributed by atoms with Gasteiger partial charge < -0.3 is 9.64 Å². The molecule has 0 saturated heterocycles. The van der Waals surface area contributed by atoms with Gasteiger partial charge in [0.15, 0.2) is 0 Å². The van der Waals surface area contributed by atoms with Gasteiger partial charge in [-0.15, -0.1) is 0 Å². The molecular weight excluding hydrogens is 400 g/mol. The lowest BCUT2D eigenvalue weighted by Crippen LogP contribution is -2.21. The number of hydrogen-bond acceptors (Lipinski definition) is 2. The summed E-state index contributed by atoms with van der Waals surface area (Å²) in [4.78, 5) is 6.86. The Bertz CT molecular complexity index is 762. The first-order valence-corrected chi connectivity index (χ1v) is 9.64. The van der Waals surface area contributed by atoms with Crippen molar-refractivity contribution in [2.75, 3.05) is 13.1 Å². The van der Waals surface area contributed by atoms with Crippen molar-refractivity contribution in [1.82, 2.24) is 4.90 Å². The van der Waals surface area contributed by atoms with E-state index in [1.54, 1.807) is 6.07 Å². The van der Waals surface area contributed by atoms with Crippen LogP contribution in [0.25, 0.3) is 0 Å². The van der Waals surface area contributed by atoms with Crippen molar-refractivity contribution in [3.8, 4) is 11.5 Å². The lowest BCUT2D eigenvalue weighted by molar-refractivity contribution is 0.452. The van der Waals surface area contributed by atoms with E-state index in [0.717, 1.165) is 46.5 Å². The van der Waals surface area contributed by atoms with Gasteiger partial charge in [-0.1, -0.05) is 18.5 Å². The fraction of sp³-hybridized carbons (Fsp3) is 0.350. The highest BCUT2D eigenvalue weighted by atomic mass is 79.9. The predicted molar refractivity (Wildman–Crippen MR) is 111 cm³/mol. The minimum atomic E-state index is 0.628. The van der Waals surface area contributed by atoms with Gasteiger partial charge >= 0.3 is 0 Å². The number of ether oxygens (including phenoxy) is 1. The Morgan fingerprint density at radius 1 is 1.16 bits per heavy atom. The largest absolute Gasteiger partial charge is 0.457 e. The zero-order chi connectivity index (χ0) is 18.4. The molecule has 2 aromatic rings. The molecule has 0 spiro atoms. The molecule has 3 nitrogen and oxygen atoms in total. The Morgan fingerprint density at radius 3 is 2.56 bits per heavy atom. The van der Waals surface area contributed by atoms with Crippen LogP contribution in [0.4, 0.5) is 5.69 Å². The number of nitrogens with zero attached hydrogens (tertiary/aromatic N) is 2. The van der Waals surface area contributed by atoms with Gasteiger partial charge in [0.2, 0.25) is 0 Å². The second-order valence-corrected chi connectivity index (χ2v) is 7.22. The van der Waals surface area contributed by atoms with E-state index < -0.39 is 0 Å². The molecule has 0 bridgehead atoms. The summed E-state index contributed by atoms with van der Waals surface area (Å²) in [6.07, 6.45) is 3.04. The fourth-order valence-corrected chi connectivity index (χ4v) is 2.84. The summed E-state index contributed by atoms with van der Waals surface area (Å²) in [5.74, 6) is 1.53. The van der Waals surface area contributed by atoms with Gasteiger partial charge in [0.25, 0.3) is 0 Å². The minimum absolute atomic E-state index is 0.628. The van der Waals surface area contributed by atoms with E-state index in [-0.39, 0.29) is 0 Å². The predicted octanol–water partition coefficient (Wildman–Crippen LogP) is 6.90. The van der Waals surface area contributed by atoms with Crippen molar-refractivity contribution in [2.24, 2.45) is 4.99 Å². The molecule has 0 aliphatic heterocycles. The van der Waals surface area contributed by atoms with Gasteiger partial charge in [-0.3, -0.25) is 0 Å². The third-order valence-electron chi connectivity index (χ3n) is 3.89. The quantitative estimate of drug-likeness (QED) is 0.357. The summed E-state index contributed by atoms with van der Waals surface area (Å²) in [6, 6.07) is 9.65. The molecule has 0 unspecified atom stereocenters. The van der Waals surface area contributed by atoms with Gasteiger partial charge in [-0.25, -0.2) is 4.99 Å². The first kappa shape index (κ1) is 19.8. The molecule has 2 aromatic carbocycles. The van der Waals surface area contributed by atoms with Crippen LogP contribution in [0.1, 0.15) is 31.4 Å². The molecule has 0 N–H and O–H groups in total. The Kier molecular flexibility index (Phi) is 7.33. The summed E-state index contributed by atoms with van der Waals surface area (Å²) >= 11 is 9.52. The molecule has 2 rings (SSSR count). The molecule has 0 heterocycles. The molecule has 0 aliphatic carbocycles. The van der Waals surface area contributed by atoms with Crippen LogP contribution in [0, 0.1) is 13.8 Å². The first-order chi connectivity index (χ1) is 11.9. The van der Waals surface area contributed by atoms with E-state index in [1.807, 2.05) is 38.4 Å². The van der Waals surface area contributed by atoms with E-state index >= 15 is 0 Å². The highest BCUT2D eigenvalue weighted by molar-refractivity contribution is 9.10. The van der Waals surface area contributed by atoms with E-state index in [2.05, 4.69) is 45.7 Å². The molecule has 5 heteroatoms. The highest BCUT2D eigenvalue weighted by Gasteiger charge is 2.08. The SMILES string of the molecule is CCCN(/C=N/c1cc(C)c(Oc2ccc(Br)c(Cl)c2)cc1C)CC. The number of hydrogen-bond donors (Lipinski definition) is 0. The number of aryl methyl sites for hydroxylation is 2. The van der Waals surface area contributed by atoms with E-state index in [0.29, 0.717) is 10.8 Å². The lowest BCUT2D eigenvalue weighted by atomic mass is 10.1. The van der Waals surface area contributed by atoms with E-state index in [9.17, 15) is 0 Å². The number of benzene rings is 2. The summed E-state index contributed by atoms with van der Waals surface area (Å²) in [6.45, 7) is 10.4. The molecular formula is C20H24BrClN2O. The maximum absolute atomic E-state index is 6.14. The van der Waals surface area contributed by atoms with Crippen LogP contribution in [0.15, 0.2) is 39.8 Å². The molecule has 0 fully saturated rings. The van der Waals surface area contributed by atoms with Crippen molar-refractivity contribution >= 4 is 39.6 Å². The highest BCUT2D eigenvalue weighted by Crippen LogP contribution is 2.34. The fourth-order valence-electron chi connectivity index (χ4n) is 2.42. The van der Waals surface area contributed by atoms with Gasteiger partial charge in [0.1, 0.15) is 11.5 Å². The topological polar surface area (TPSA) is 24.8 Å². The van der Waals surface area contributed by atoms with Gasteiger partial charge in [-0.2, -0.15) is 0 Å². The summed E-state index contributed by atoms with van der Waals surface area (Å²) in [5.41, 5.74) is 3.08. The van der Waals surface area contributed by atoms with Crippen molar-refractivity contribution in [1.29, 1.82) is 0 Å². The summed E-state index contributed by atoms with van der Waals surface area (Å²) in [7, 11) is 0. The summed E-state index contributed by atoms with van der Waals surface area (Å²) < 4.78 is 6.85. The van der Waals surface area contributed by atoms with Crippen molar-refractivity contribution < 1.29 is 4.74 Å². The van der Waals surface area contributed by atoms with Gasteiger partial charge in [0, 0.05) is 23.6 Å². The van der Waals surface area contributed by atoms with Crippen LogP contribution in [0.5, 0.6) is 11.5 Å². The molecule has 0 atom stereocenters. The Morgan fingerprint density at radius 2 is 1.92 bits per heavy atom. The maximum Gasteiger partial charge on any atom is 0.130 e. The zero-order valence-corrected chi connectivity index (χ0v) is 17.5. The Labute approximate surface area is 163 Å². The number of rotatable bonds is 7. The van der Waals surface area contributed by atoms with Gasteiger partial charge in [0.05, 0.1) is 17.0 Å². The van der Waals surface area contributed by atoms with Crippen LogP contribution in [-0.2, 0) is 0 Å². The average molecular weight is 424 g/mol. The smallest absolute Gasteiger partial charge is 0.130 e. The first-order valence-electron chi connectivity index (χ1n) is 8.47. The normalized spacial score (nSPS) is 11.1. The number of aliphatic imine (C=N–C) groups is 1. The van der Waals surface area contributed by atoms with E-state index in [4.69, 9.17) is 16.3 Å². The standard InChI is InChI=1S/C20H24BrClN2O/c1-5-9-24(6-2)13-23-19-10-15(4)20(11-14(19)3)25-16-7-8-17(21)18(22)12-16/h7-8,10-13H,5-6,9H2,1-4H3/b23-13+. The molecule has 0 aromatic heterocycles. The van der Waals surface area contributed by atoms with Crippen LogP contribution in [0.3, 0.4) is 0 Å². The van der Waals surface area contributed by atoms with Crippen LogP contribution in [-0.4, -0.2) is 24.3 Å². The van der Waals surface area contributed by atoms with Crippen LogP contribution in [0.2, 0.25) is 5.02 Å². The number of halogens is 2. The Balaban J connectivity index is 2.21. The zero-order valence-electron chi connectivity index (χ0n) is 15.1. The van der Waals surface area contributed by atoms with Crippen molar-refractivity contribution in [3.63, 3.8) is 0 Å². The molecule has 25 heavy (non-hydrogen) atoms. The molecule has 0 radical (unpaired) electrons. The Hall–Kier alpha value is -1.52.